The summed E-state index contributed by atoms with van der Waals surface area (Å²) in [4.78, 5) is 17.8. The molecule has 2 N–H and O–H groups in total. The molecule has 126 valence electrons. The Morgan fingerprint density at radius 1 is 1.36 bits per heavy atom. The lowest BCUT2D eigenvalue weighted by Gasteiger charge is -2.22. The Kier molecular flexibility index (Phi) is 10.7. The zero-order valence-corrected chi connectivity index (χ0v) is 16.3. The van der Waals surface area contributed by atoms with Gasteiger partial charge in [0.1, 0.15) is 0 Å². The first kappa shape index (κ1) is 20.8. The van der Waals surface area contributed by atoms with Gasteiger partial charge in [0.2, 0.25) is 5.91 Å². The van der Waals surface area contributed by atoms with Crippen LogP contribution in [0.25, 0.3) is 0 Å². The molecule has 0 saturated carbocycles. The van der Waals surface area contributed by atoms with Crippen LogP contribution in [0.1, 0.15) is 25.5 Å². The highest BCUT2D eigenvalue weighted by Gasteiger charge is 2.08. The largest absolute Gasteiger partial charge is 0.356 e. The number of hydrogen-bond acceptors (Lipinski definition) is 2. The molecule has 0 spiro atoms. The van der Waals surface area contributed by atoms with Gasteiger partial charge in [-0.05, 0) is 18.6 Å². The topological polar surface area (TPSA) is 61.7 Å². The van der Waals surface area contributed by atoms with E-state index < -0.39 is 0 Å². The smallest absolute Gasteiger partial charge is 0.221 e. The molecule has 0 fully saturated rings. The minimum Gasteiger partial charge on any atom is -0.356 e. The highest BCUT2D eigenvalue weighted by atomic mass is 127. The third kappa shape index (κ3) is 7.15. The van der Waals surface area contributed by atoms with Gasteiger partial charge in [-0.25, -0.2) is 0 Å². The normalized spacial score (nSPS) is 10.8. The second-order valence-electron chi connectivity index (χ2n) is 5.04. The molecule has 0 aromatic carbocycles. The first-order valence-electron chi connectivity index (χ1n) is 7.37. The van der Waals surface area contributed by atoms with E-state index in [1.165, 1.54) is 5.69 Å². The molecule has 1 aromatic heterocycles. The summed E-state index contributed by atoms with van der Waals surface area (Å²) in [5.41, 5.74) is 1.21. The summed E-state index contributed by atoms with van der Waals surface area (Å²) in [5.74, 6) is 0.865. The Balaban J connectivity index is 0.00000441. The number of aliphatic imine (C=N–C) groups is 1. The molecule has 1 aromatic rings. The Morgan fingerprint density at radius 3 is 2.64 bits per heavy atom. The average molecular weight is 421 g/mol. The maximum atomic E-state index is 11.5. The van der Waals surface area contributed by atoms with Gasteiger partial charge < -0.3 is 20.1 Å². The highest BCUT2D eigenvalue weighted by Crippen LogP contribution is 2.03. The van der Waals surface area contributed by atoms with Gasteiger partial charge in [0.15, 0.2) is 5.96 Å². The average Bonchev–Trinajstić information content (AvgIpc) is 2.86. The van der Waals surface area contributed by atoms with E-state index in [0.717, 1.165) is 25.5 Å². The minimum absolute atomic E-state index is 0. The van der Waals surface area contributed by atoms with Crippen LogP contribution < -0.4 is 10.6 Å². The van der Waals surface area contributed by atoms with E-state index in [1.807, 2.05) is 38.2 Å². The summed E-state index contributed by atoms with van der Waals surface area (Å²) in [6.07, 6.45) is 3.44. The first-order valence-corrected chi connectivity index (χ1v) is 7.37. The van der Waals surface area contributed by atoms with Crippen molar-refractivity contribution in [1.29, 1.82) is 0 Å². The lowest BCUT2D eigenvalue weighted by atomic mass is 10.3. The number of amides is 1. The molecule has 0 atom stereocenters. The van der Waals surface area contributed by atoms with Gasteiger partial charge in [0.05, 0.1) is 6.54 Å². The first-order chi connectivity index (χ1) is 10.1. The number of aromatic nitrogens is 1. The van der Waals surface area contributed by atoms with Crippen LogP contribution in [-0.4, -0.2) is 48.5 Å². The van der Waals surface area contributed by atoms with Gasteiger partial charge in [-0.15, -0.1) is 24.0 Å². The molecule has 7 heteroatoms. The Morgan fingerprint density at radius 2 is 2.09 bits per heavy atom. The van der Waals surface area contributed by atoms with E-state index in [-0.39, 0.29) is 29.9 Å². The van der Waals surface area contributed by atoms with Crippen molar-refractivity contribution in [2.45, 2.75) is 26.3 Å². The van der Waals surface area contributed by atoms with Crippen molar-refractivity contribution in [3.8, 4) is 0 Å². The van der Waals surface area contributed by atoms with Crippen molar-refractivity contribution < 1.29 is 4.79 Å². The molecule has 1 heterocycles. The highest BCUT2D eigenvalue weighted by molar-refractivity contribution is 14.0. The summed E-state index contributed by atoms with van der Waals surface area (Å²) in [5, 5.41) is 6.08. The van der Waals surface area contributed by atoms with Crippen molar-refractivity contribution in [2.75, 3.05) is 27.2 Å². The SMILES string of the molecule is CCCNC(=O)CCNC(=NC)N(C)Cc1cccn1C.I. The fourth-order valence-electron chi connectivity index (χ4n) is 2.00. The predicted molar refractivity (Wildman–Crippen MR) is 102 cm³/mol. The summed E-state index contributed by atoms with van der Waals surface area (Å²) < 4.78 is 2.09. The van der Waals surface area contributed by atoms with Gasteiger partial charge in [-0.3, -0.25) is 9.79 Å². The van der Waals surface area contributed by atoms with E-state index >= 15 is 0 Å². The lowest BCUT2D eigenvalue weighted by Crippen LogP contribution is -2.40. The van der Waals surface area contributed by atoms with Crippen molar-refractivity contribution in [2.24, 2.45) is 12.0 Å². The number of nitrogens with one attached hydrogen (secondary N) is 2. The molecule has 6 nitrogen and oxygen atoms in total. The Labute approximate surface area is 150 Å². The van der Waals surface area contributed by atoms with Gasteiger partial charge in [-0.2, -0.15) is 0 Å². The van der Waals surface area contributed by atoms with Crippen LogP contribution in [0.4, 0.5) is 0 Å². The van der Waals surface area contributed by atoms with Crippen molar-refractivity contribution in [1.82, 2.24) is 20.1 Å². The second kappa shape index (κ2) is 11.3. The fourth-order valence-corrected chi connectivity index (χ4v) is 2.00. The molecule has 0 aliphatic rings. The van der Waals surface area contributed by atoms with Crippen LogP contribution in [0.3, 0.4) is 0 Å². The van der Waals surface area contributed by atoms with E-state index in [4.69, 9.17) is 0 Å². The zero-order valence-electron chi connectivity index (χ0n) is 13.9. The van der Waals surface area contributed by atoms with Crippen LogP contribution in [0.5, 0.6) is 0 Å². The van der Waals surface area contributed by atoms with Crippen molar-refractivity contribution in [3.63, 3.8) is 0 Å². The van der Waals surface area contributed by atoms with Gasteiger partial charge in [0.25, 0.3) is 0 Å². The van der Waals surface area contributed by atoms with Gasteiger partial charge >= 0.3 is 0 Å². The number of hydrogen-bond donors (Lipinski definition) is 2. The number of guanidine groups is 1. The predicted octanol–water partition coefficient (Wildman–Crippen LogP) is 1.57. The third-order valence-corrected chi connectivity index (χ3v) is 3.23. The number of nitrogens with zero attached hydrogens (tertiary/aromatic N) is 3. The molecule has 0 aliphatic heterocycles. The van der Waals surface area contributed by atoms with Crippen LogP contribution in [-0.2, 0) is 18.4 Å². The van der Waals surface area contributed by atoms with Gasteiger partial charge in [0, 0.05) is 52.5 Å². The van der Waals surface area contributed by atoms with Crippen LogP contribution in [0, 0.1) is 0 Å². The summed E-state index contributed by atoms with van der Waals surface area (Å²) in [7, 11) is 5.76. The molecule has 1 rings (SSSR count). The molecule has 22 heavy (non-hydrogen) atoms. The molecule has 0 radical (unpaired) electrons. The van der Waals surface area contributed by atoms with E-state index in [9.17, 15) is 4.79 Å². The Bertz CT molecular complexity index is 472. The minimum atomic E-state index is 0. The number of halogens is 1. The molecule has 0 aliphatic carbocycles. The van der Waals surface area contributed by atoms with E-state index in [0.29, 0.717) is 13.0 Å². The number of carbonyl (C=O) groups is 1. The number of aryl methyl sites for hydroxylation is 1. The van der Waals surface area contributed by atoms with E-state index in [2.05, 4.69) is 26.3 Å². The molecule has 0 unspecified atom stereocenters. The number of rotatable bonds is 7. The number of carbonyl (C=O) groups excluding carboxylic acids is 1. The third-order valence-electron chi connectivity index (χ3n) is 3.23. The molecular weight excluding hydrogens is 393 g/mol. The fraction of sp³-hybridized carbons (Fsp3) is 0.600. The summed E-state index contributed by atoms with van der Waals surface area (Å²) in [6.45, 7) is 4.13. The quantitative estimate of drug-likeness (QED) is 0.399. The monoisotopic (exact) mass is 421 g/mol. The molecule has 0 bridgehead atoms. The zero-order chi connectivity index (χ0) is 15.7. The lowest BCUT2D eigenvalue weighted by molar-refractivity contribution is -0.120. The van der Waals surface area contributed by atoms with Gasteiger partial charge in [-0.1, -0.05) is 6.92 Å². The van der Waals surface area contributed by atoms with Crippen LogP contribution >= 0.6 is 24.0 Å². The summed E-state index contributed by atoms with van der Waals surface area (Å²) >= 11 is 0. The van der Waals surface area contributed by atoms with Crippen molar-refractivity contribution >= 4 is 35.8 Å². The second-order valence-corrected chi connectivity index (χ2v) is 5.04. The van der Waals surface area contributed by atoms with E-state index in [1.54, 1.807) is 7.05 Å². The molecular formula is C15H28IN5O. The van der Waals surface area contributed by atoms with Crippen molar-refractivity contribution in [3.05, 3.63) is 24.0 Å². The Hall–Kier alpha value is -1.25. The molecule has 0 saturated heterocycles. The summed E-state index contributed by atoms with van der Waals surface area (Å²) in [6, 6.07) is 4.11. The standard InChI is InChI=1S/C15H27N5O.HI/c1-5-9-17-14(21)8-10-18-15(16-2)20(4)12-13-7-6-11-19(13)3;/h6-7,11H,5,8-10,12H2,1-4H3,(H,16,18)(H,17,21);1H. The maximum absolute atomic E-state index is 11.5. The van der Waals surface area contributed by atoms with Crippen LogP contribution in [0.2, 0.25) is 0 Å². The molecule has 1 amide bonds. The maximum Gasteiger partial charge on any atom is 0.221 e. The van der Waals surface area contributed by atoms with Crippen LogP contribution in [0.15, 0.2) is 23.3 Å².